The number of hydrogen-bond donors (Lipinski definition) is 0. The third kappa shape index (κ3) is 1.02. The van der Waals surface area contributed by atoms with Crippen LogP contribution >= 0.6 is 0 Å². The normalized spacial score (nSPS) is 26.1. The van der Waals surface area contributed by atoms with E-state index in [0.29, 0.717) is 0 Å². The van der Waals surface area contributed by atoms with Gasteiger partial charge in [0.15, 0.2) is 0 Å². The highest BCUT2D eigenvalue weighted by atomic mass is 14.4. The van der Waals surface area contributed by atoms with Crippen LogP contribution in [0.4, 0.5) is 0 Å². The second-order valence-electron chi connectivity index (χ2n) is 4.69. The second-order valence-corrected chi connectivity index (χ2v) is 4.69. The van der Waals surface area contributed by atoms with E-state index in [0.717, 1.165) is 11.8 Å². The van der Waals surface area contributed by atoms with Crippen LogP contribution in [0.2, 0.25) is 0 Å². The molecular weight excluding hydrogens is 180 g/mol. The average Bonchev–Trinajstić information content (AvgIpc) is 3.04. The van der Waals surface area contributed by atoms with Crippen molar-refractivity contribution in [2.75, 3.05) is 0 Å². The van der Waals surface area contributed by atoms with Crippen molar-refractivity contribution in [3.05, 3.63) is 46.8 Å². The molecule has 0 radical (unpaired) electrons. The highest BCUT2D eigenvalue weighted by molar-refractivity contribution is 5.84. The van der Waals surface area contributed by atoms with E-state index in [9.17, 15) is 0 Å². The first-order chi connectivity index (χ1) is 7.42. The quantitative estimate of drug-likeness (QED) is 0.599. The number of hydrogen-bond acceptors (Lipinski definition) is 0. The summed E-state index contributed by atoms with van der Waals surface area (Å²) in [7, 11) is 0. The largest absolute Gasteiger partial charge is 0.0729 e. The highest BCUT2D eigenvalue weighted by Crippen LogP contribution is 2.42. The van der Waals surface area contributed by atoms with E-state index in [4.69, 9.17) is 0 Å². The van der Waals surface area contributed by atoms with Gasteiger partial charge in [0.25, 0.3) is 0 Å². The summed E-state index contributed by atoms with van der Waals surface area (Å²) in [6.45, 7) is 0. The molecule has 0 amide bonds. The van der Waals surface area contributed by atoms with Gasteiger partial charge in [-0.15, -0.1) is 0 Å². The highest BCUT2D eigenvalue weighted by Gasteiger charge is 2.34. The molecule has 2 aliphatic rings. The Morgan fingerprint density at radius 2 is 1.73 bits per heavy atom. The molecule has 15 heavy (non-hydrogen) atoms. The lowest BCUT2D eigenvalue weighted by atomic mass is 10.0. The summed E-state index contributed by atoms with van der Waals surface area (Å²) in [5.41, 5.74) is 0. The Bertz CT molecular complexity index is 664. The van der Waals surface area contributed by atoms with Crippen LogP contribution in [0.1, 0.15) is 6.42 Å². The summed E-state index contributed by atoms with van der Waals surface area (Å²) in [6, 6.07) is 13.2. The predicted molar refractivity (Wildman–Crippen MR) is 63.7 cm³/mol. The molecule has 0 heterocycles. The predicted octanol–water partition coefficient (Wildman–Crippen LogP) is 2.05. The minimum atomic E-state index is 0.836. The Morgan fingerprint density at radius 3 is 2.73 bits per heavy atom. The molecule has 2 atom stereocenters. The molecular formula is C15H12. The third-order valence-electron chi connectivity index (χ3n) is 3.67. The van der Waals surface area contributed by atoms with Crippen LogP contribution < -0.4 is 10.4 Å². The van der Waals surface area contributed by atoms with Gasteiger partial charge in [-0.05, 0) is 39.5 Å². The van der Waals surface area contributed by atoms with Crippen LogP contribution in [0.5, 0.6) is 0 Å². The van der Waals surface area contributed by atoms with Gasteiger partial charge in [0.05, 0.1) is 0 Å². The molecule has 0 saturated heterocycles. The Labute approximate surface area is 88.5 Å². The van der Waals surface area contributed by atoms with Crippen LogP contribution in [-0.2, 0) is 0 Å². The zero-order chi connectivity index (χ0) is 9.83. The molecule has 2 aromatic carbocycles. The zero-order valence-electron chi connectivity index (χ0n) is 8.48. The van der Waals surface area contributed by atoms with Crippen LogP contribution in [-0.4, -0.2) is 0 Å². The molecule has 0 aliphatic heterocycles. The molecule has 2 aliphatic carbocycles. The SMILES string of the molecule is C1=c2ccc3ccccc3c2=CC2CC12. The Morgan fingerprint density at radius 1 is 0.867 bits per heavy atom. The summed E-state index contributed by atoms with van der Waals surface area (Å²) >= 11 is 0. The van der Waals surface area contributed by atoms with Gasteiger partial charge < -0.3 is 0 Å². The van der Waals surface area contributed by atoms with Gasteiger partial charge in [-0.3, -0.25) is 0 Å². The number of rotatable bonds is 0. The first-order valence-electron chi connectivity index (χ1n) is 5.63. The first kappa shape index (κ1) is 7.70. The smallest absolute Gasteiger partial charge is 0.0109 e. The molecule has 0 nitrogen and oxygen atoms in total. The summed E-state index contributed by atoms with van der Waals surface area (Å²) < 4.78 is 0. The van der Waals surface area contributed by atoms with Gasteiger partial charge in [0.1, 0.15) is 0 Å². The maximum absolute atomic E-state index is 2.47. The molecule has 0 aromatic heterocycles. The fraction of sp³-hybridized carbons (Fsp3) is 0.200. The van der Waals surface area contributed by atoms with E-state index in [2.05, 4.69) is 48.6 Å². The van der Waals surface area contributed by atoms with Gasteiger partial charge in [-0.2, -0.15) is 0 Å². The lowest BCUT2D eigenvalue weighted by Crippen LogP contribution is -2.27. The van der Waals surface area contributed by atoms with Crippen molar-refractivity contribution in [1.82, 2.24) is 0 Å². The second kappa shape index (κ2) is 2.52. The van der Waals surface area contributed by atoms with Crippen molar-refractivity contribution >= 4 is 22.9 Å². The van der Waals surface area contributed by atoms with E-state index < -0.39 is 0 Å². The lowest BCUT2D eigenvalue weighted by Gasteiger charge is -2.03. The van der Waals surface area contributed by atoms with Crippen LogP contribution in [0.25, 0.3) is 22.9 Å². The summed E-state index contributed by atoms with van der Waals surface area (Å²) in [6.07, 6.45) is 6.29. The van der Waals surface area contributed by atoms with E-state index >= 15 is 0 Å². The van der Waals surface area contributed by atoms with Crippen LogP contribution in [0.3, 0.4) is 0 Å². The minimum absolute atomic E-state index is 0.836. The molecule has 2 unspecified atom stereocenters. The van der Waals surface area contributed by atoms with Gasteiger partial charge in [0.2, 0.25) is 0 Å². The minimum Gasteiger partial charge on any atom is -0.0729 e. The van der Waals surface area contributed by atoms with Crippen molar-refractivity contribution in [1.29, 1.82) is 0 Å². The number of fused-ring (bicyclic) bond motifs is 4. The van der Waals surface area contributed by atoms with Crippen molar-refractivity contribution in [3.8, 4) is 0 Å². The van der Waals surface area contributed by atoms with Gasteiger partial charge in [-0.25, -0.2) is 0 Å². The Kier molecular flexibility index (Phi) is 1.29. The summed E-state index contributed by atoms with van der Waals surface area (Å²) in [5, 5.41) is 5.68. The molecule has 1 saturated carbocycles. The van der Waals surface area contributed by atoms with Crippen molar-refractivity contribution in [2.45, 2.75) is 6.42 Å². The third-order valence-corrected chi connectivity index (χ3v) is 3.67. The summed E-state index contributed by atoms with van der Waals surface area (Å²) in [4.78, 5) is 0. The molecule has 2 aromatic rings. The van der Waals surface area contributed by atoms with E-state index in [-0.39, 0.29) is 0 Å². The van der Waals surface area contributed by atoms with Gasteiger partial charge >= 0.3 is 0 Å². The van der Waals surface area contributed by atoms with E-state index in [1.54, 1.807) is 0 Å². The maximum Gasteiger partial charge on any atom is -0.0109 e. The maximum atomic E-state index is 2.47. The monoisotopic (exact) mass is 192 g/mol. The number of benzene rings is 2. The average molecular weight is 192 g/mol. The standard InChI is InChI=1S/C15H12/c1-2-4-14-10(3-1)5-6-11-7-12-8-13(12)9-15(11)14/h1-7,9,12-13H,8H2. The van der Waals surface area contributed by atoms with Crippen molar-refractivity contribution in [3.63, 3.8) is 0 Å². The Balaban J connectivity index is 2.26. The van der Waals surface area contributed by atoms with Crippen LogP contribution in [0.15, 0.2) is 36.4 Å². The van der Waals surface area contributed by atoms with Crippen LogP contribution in [0, 0.1) is 11.8 Å². The zero-order valence-corrected chi connectivity index (χ0v) is 8.48. The topological polar surface area (TPSA) is 0 Å². The van der Waals surface area contributed by atoms with Gasteiger partial charge in [0, 0.05) is 0 Å². The Hall–Kier alpha value is -1.56. The van der Waals surface area contributed by atoms with Gasteiger partial charge in [-0.1, -0.05) is 48.6 Å². The molecule has 0 heteroatoms. The van der Waals surface area contributed by atoms with Crippen molar-refractivity contribution < 1.29 is 0 Å². The molecule has 0 N–H and O–H groups in total. The van der Waals surface area contributed by atoms with Crippen molar-refractivity contribution in [2.24, 2.45) is 11.8 Å². The molecule has 72 valence electrons. The summed E-state index contributed by atoms with van der Waals surface area (Å²) in [5.74, 6) is 1.68. The lowest BCUT2D eigenvalue weighted by molar-refractivity contribution is 1.07. The van der Waals surface area contributed by atoms with E-state index in [1.807, 2.05) is 0 Å². The molecule has 0 spiro atoms. The first-order valence-corrected chi connectivity index (χ1v) is 5.63. The molecule has 1 fully saturated rings. The van der Waals surface area contributed by atoms with E-state index in [1.165, 1.54) is 27.6 Å². The molecule has 4 rings (SSSR count). The fourth-order valence-electron chi connectivity index (χ4n) is 2.71. The fourth-order valence-corrected chi connectivity index (χ4v) is 2.71. The molecule has 0 bridgehead atoms.